The number of fused-ring (bicyclic) bond motifs is 7. The van der Waals surface area contributed by atoms with Gasteiger partial charge < -0.3 is 55.1 Å². The Hall–Kier alpha value is -4.37. The topological polar surface area (TPSA) is 289 Å². The van der Waals surface area contributed by atoms with Crippen LogP contribution in [0, 0.1) is 28.6 Å². The zero-order valence-corrected chi connectivity index (χ0v) is 37.6. The number of alkyl halides is 1. The number of aliphatic carboxylic acids is 1. The minimum absolute atomic E-state index is 0.0410. The number of carboxylic acid groups (broad SMARTS) is 1. The van der Waals surface area contributed by atoms with Gasteiger partial charge in [0.25, 0.3) is 0 Å². The zero-order valence-electron chi connectivity index (χ0n) is 35.1. The van der Waals surface area contributed by atoms with Gasteiger partial charge in [0.2, 0.25) is 17.7 Å². The third-order valence-corrected chi connectivity index (χ3v) is 14.9. The Morgan fingerprint density at radius 1 is 1.12 bits per heavy atom. The number of rotatable bonds is 17. The van der Waals surface area contributed by atoms with Crippen LogP contribution in [-0.2, 0) is 60.5 Å². The number of carboxylic acids is 1. The number of allylic oxidation sites excluding steroid dienone is 4. The van der Waals surface area contributed by atoms with E-state index in [0.717, 1.165) is 5.57 Å². The number of aromatic nitrogens is 1. The minimum atomic E-state index is -5.06. The number of phosphoric ester groups is 1. The molecule has 7 rings (SSSR count). The number of nitrogens with zero attached hydrogens (tertiary/aromatic N) is 1. The van der Waals surface area contributed by atoms with Crippen molar-refractivity contribution in [1.29, 1.82) is 0 Å². The number of hydrogen-bond acceptors (Lipinski definition) is 12. The van der Waals surface area contributed by atoms with E-state index in [1.165, 1.54) is 6.08 Å². The van der Waals surface area contributed by atoms with E-state index in [9.17, 15) is 58.4 Å². The Labute approximate surface area is 376 Å². The zero-order chi connectivity index (χ0) is 46.4. The predicted octanol–water partition coefficient (Wildman–Crippen LogP) is 2.55. The Morgan fingerprint density at radius 3 is 2.59 bits per heavy atom. The second kappa shape index (κ2) is 18.5. The highest BCUT2D eigenvalue weighted by molar-refractivity contribution is 9.09. The molecule has 0 bridgehead atoms. The summed E-state index contributed by atoms with van der Waals surface area (Å²) in [5, 5.41) is 38.9. The first-order valence-electron chi connectivity index (χ1n) is 20.9. The standard InChI is InChI=1S/C43H52BrN4O15P/c1-41-11-9-27(50)14-26(41)4-5-28-29-15-34-43(33(52)22-61-64(58,59)60,42(29,2)16-32(51)38(28)41)63-40(62-34)24-10-12-48(20-24)19-23-3-6-30(25(13-23)21-49)47-39(57)31(7-8-37(55)56)46-36(54)18-45-35(53)17-44/h3,6,9-14,20,28-29,31-32,34,38,40,49,51H,4-5,7-8,15-19,21-22H2,1-2H3,(H,45,53)(H,46,54)(H,47,57)(H,55,56)(H2,58,59,60)/t28-,29-,31-,32-,34+,38+,40+,41-,42-,43+/m0/s1. The lowest BCUT2D eigenvalue weighted by Gasteiger charge is -2.59. The van der Waals surface area contributed by atoms with Crippen LogP contribution in [-0.4, -0.2) is 107 Å². The monoisotopic (exact) mass is 974 g/mol. The van der Waals surface area contributed by atoms with Crippen LogP contribution in [0.2, 0.25) is 0 Å². The fourth-order valence-electron chi connectivity index (χ4n) is 11.1. The average Bonchev–Trinajstić information content (AvgIpc) is 3.93. The van der Waals surface area contributed by atoms with Crippen LogP contribution in [0.1, 0.15) is 75.4 Å². The molecular weight excluding hydrogens is 923 g/mol. The molecule has 21 heteroatoms. The minimum Gasteiger partial charge on any atom is -0.481 e. The lowest BCUT2D eigenvalue weighted by molar-refractivity contribution is -0.200. The molecule has 2 heterocycles. The van der Waals surface area contributed by atoms with Crippen molar-refractivity contribution in [3.05, 3.63) is 77.2 Å². The number of carbonyl (C=O) groups is 6. The molecule has 4 fully saturated rings. The number of nitrogens with one attached hydrogen (secondary N) is 3. The summed E-state index contributed by atoms with van der Waals surface area (Å²) in [6.07, 6.45) is 6.84. The van der Waals surface area contributed by atoms with E-state index >= 15 is 0 Å². The second-order valence-electron chi connectivity index (χ2n) is 17.7. The average molecular weight is 976 g/mol. The van der Waals surface area contributed by atoms with Gasteiger partial charge >= 0.3 is 13.8 Å². The number of amides is 3. The van der Waals surface area contributed by atoms with Crippen LogP contribution in [0.4, 0.5) is 5.69 Å². The number of benzene rings is 1. The molecule has 0 unspecified atom stereocenters. The molecular formula is C43H52BrN4O15P. The van der Waals surface area contributed by atoms with Gasteiger partial charge in [-0.05, 0) is 79.9 Å². The van der Waals surface area contributed by atoms with Crippen molar-refractivity contribution in [2.75, 3.05) is 23.8 Å². The maximum Gasteiger partial charge on any atom is 0.470 e. The number of halogens is 1. The maximum absolute atomic E-state index is 14.4. The number of hydrogen-bond donors (Lipinski definition) is 8. The van der Waals surface area contributed by atoms with Gasteiger partial charge in [-0.3, -0.25) is 33.3 Å². The summed E-state index contributed by atoms with van der Waals surface area (Å²) in [6, 6.07) is 5.39. The van der Waals surface area contributed by atoms with Crippen LogP contribution in [0.5, 0.6) is 0 Å². The third kappa shape index (κ3) is 9.21. The molecule has 5 aliphatic rings. The number of anilines is 1. The van der Waals surface area contributed by atoms with Crippen LogP contribution in [0.15, 0.2) is 60.5 Å². The fourth-order valence-corrected chi connectivity index (χ4v) is 11.6. The molecule has 3 saturated carbocycles. The van der Waals surface area contributed by atoms with Crippen molar-refractivity contribution in [3.63, 3.8) is 0 Å². The molecule has 3 amide bonds. The summed E-state index contributed by atoms with van der Waals surface area (Å²) in [5.74, 6) is -4.42. The van der Waals surface area contributed by atoms with Crippen molar-refractivity contribution in [2.24, 2.45) is 28.6 Å². The maximum atomic E-state index is 14.4. The smallest absolute Gasteiger partial charge is 0.470 e. The highest BCUT2D eigenvalue weighted by atomic mass is 79.9. The third-order valence-electron chi connectivity index (χ3n) is 13.9. The first-order valence-corrected chi connectivity index (χ1v) is 23.6. The molecule has 64 heavy (non-hydrogen) atoms. The number of aliphatic hydroxyl groups excluding tert-OH is 2. The molecule has 10 atom stereocenters. The molecule has 1 aromatic heterocycles. The molecule has 346 valence electrons. The van der Waals surface area contributed by atoms with E-state index in [4.69, 9.17) is 14.0 Å². The molecule has 1 aliphatic heterocycles. The van der Waals surface area contributed by atoms with Gasteiger partial charge in [0.1, 0.15) is 12.6 Å². The van der Waals surface area contributed by atoms with E-state index in [1.54, 1.807) is 47.3 Å². The van der Waals surface area contributed by atoms with Crippen molar-refractivity contribution in [2.45, 2.75) is 95.7 Å². The molecule has 19 nitrogen and oxygen atoms in total. The van der Waals surface area contributed by atoms with Crippen LogP contribution < -0.4 is 16.0 Å². The second-order valence-corrected chi connectivity index (χ2v) is 19.5. The van der Waals surface area contributed by atoms with Crippen molar-refractivity contribution >= 4 is 64.7 Å². The molecule has 0 radical (unpaired) electrons. The molecule has 2 aromatic rings. The van der Waals surface area contributed by atoms with Crippen LogP contribution in [0.25, 0.3) is 0 Å². The Bertz CT molecular complexity index is 2330. The summed E-state index contributed by atoms with van der Waals surface area (Å²) in [6.45, 7) is 2.31. The number of carbonyl (C=O) groups excluding carboxylic acids is 5. The first-order chi connectivity index (χ1) is 30.2. The molecule has 1 aromatic carbocycles. The molecule has 8 N–H and O–H groups in total. The lowest BCUT2D eigenvalue weighted by atomic mass is 9.46. The molecule has 4 aliphatic carbocycles. The summed E-state index contributed by atoms with van der Waals surface area (Å²) in [4.78, 5) is 94.4. The number of Topliss-reactive ketones (excluding diaryl/α,β-unsaturated/α-hetero) is 1. The van der Waals surface area contributed by atoms with Crippen molar-refractivity contribution < 1.29 is 72.4 Å². The van der Waals surface area contributed by atoms with Gasteiger partial charge in [0, 0.05) is 58.9 Å². The van der Waals surface area contributed by atoms with Crippen LogP contribution >= 0.6 is 23.8 Å². The normalized spacial score (nSPS) is 30.9. The van der Waals surface area contributed by atoms with E-state index in [1.807, 2.05) is 19.9 Å². The highest BCUT2D eigenvalue weighted by Gasteiger charge is 2.76. The Morgan fingerprint density at radius 2 is 1.89 bits per heavy atom. The highest BCUT2D eigenvalue weighted by Crippen LogP contribution is 2.70. The lowest BCUT2D eigenvalue weighted by Crippen LogP contribution is -2.63. The summed E-state index contributed by atoms with van der Waals surface area (Å²) in [5.41, 5.74) is -0.605. The number of ether oxygens (including phenoxy) is 2. The summed E-state index contributed by atoms with van der Waals surface area (Å²) < 4.78 is 31.7. The number of ketones is 2. The summed E-state index contributed by atoms with van der Waals surface area (Å²) in [7, 11) is -5.06. The van der Waals surface area contributed by atoms with E-state index in [-0.39, 0.29) is 53.9 Å². The van der Waals surface area contributed by atoms with E-state index in [0.29, 0.717) is 36.0 Å². The van der Waals surface area contributed by atoms with Crippen molar-refractivity contribution in [1.82, 2.24) is 15.2 Å². The first kappa shape index (κ1) is 47.6. The van der Waals surface area contributed by atoms with E-state index < -0.39 is 104 Å². The fraction of sp³-hybridized carbons (Fsp3) is 0.535. The Kier molecular flexibility index (Phi) is 13.7. The predicted molar refractivity (Wildman–Crippen MR) is 228 cm³/mol. The van der Waals surface area contributed by atoms with Gasteiger partial charge in [-0.15, -0.1) is 0 Å². The number of aliphatic hydroxyl groups is 2. The van der Waals surface area contributed by atoms with Gasteiger partial charge in [0.05, 0.1) is 30.7 Å². The van der Waals surface area contributed by atoms with Gasteiger partial charge in [0.15, 0.2) is 23.5 Å². The molecule has 0 spiro atoms. The van der Waals surface area contributed by atoms with Gasteiger partial charge in [-0.25, -0.2) is 4.57 Å². The van der Waals surface area contributed by atoms with Gasteiger partial charge in [-0.2, -0.15) is 0 Å². The van der Waals surface area contributed by atoms with Gasteiger partial charge in [-0.1, -0.05) is 47.5 Å². The SMILES string of the molecule is C[C@]12C=CC(=O)C=C1CC[C@@H]1[C@@H]2[C@@H](O)C[C@@]2(C)[C@H]1C[C@H]1O[C@@H](c3ccn(Cc4ccc(NC(=O)[C@H](CCC(=O)O)NC(=O)CNC(=O)CBr)c(CO)c4)c3)O[C@]12C(=O)COP(=O)(O)O. The summed E-state index contributed by atoms with van der Waals surface area (Å²) >= 11 is 2.97. The Balaban J connectivity index is 1.08. The largest absolute Gasteiger partial charge is 0.481 e. The number of phosphoric acid groups is 1. The van der Waals surface area contributed by atoms with E-state index in [2.05, 4.69) is 31.9 Å². The van der Waals surface area contributed by atoms with Crippen molar-refractivity contribution in [3.8, 4) is 0 Å². The molecule has 1 saturated heterocycles. The quantitative estimate of drug-likeness (QED) is 0.0835. The van der Waals surface area contributed by atoms with Crippen LogP contribution in [0.3, 0.4) is 0 Å².